The molecule has 8 heteroatoms. The van der Waals surface area contributed by atoms with Crippen LogP contribution >= 0.6 is 0 Å². The smallest absolute Gasteiger partial charge is 0.407 e. The van der Waals surface area contributed by atoms with Crippen molar-refractivity contribution in [2.75, 3.05) is 26.4 Å². The number of hydrogen-bond donors (Lipinski definition) is 2. The van der Waals surface area contributed by atoms with Gasteiger partial charge in [0, 0.05) is 24.9 Å². The molecule has 0 radical (unpaired) electrons. The molecule has 1 aliphatic heterocycles. The average molecular weight is 479 g/mol. The minimum Gasteiger partial charge on any atom is -0.480 e. The molecular weight excluding hydrogens is 448 g/mol. The molecule has 1 saturated heterocycles. The van der Waals surface area contributed by atoms with E-state index in [0.29, 0.717) is 19.6 Å². The van der Waals surface area contributed by atoms with Crippen LogP contribution in [0, 0.1) is 5.92 Å². The SMILES string of the molecule is O=C(N[C@@H]1CC[C@H](CC(=O)N2CCOCC2C(=O)O)C1)OCC1c2ccccc2-c2ccccc21. The maximum atomic E-state index is 12.7. The van der Waals surface area contributed by atoms with Gasteiger partial charge in [0.05, 0.1) is 13.2 Å². The van der Waals surface area contributed by atoms with E-state index >= 15 is 0 Å². The Morgan fingerprint density at radius 2 is 1.71 bits per heavy atom. The molecule has 2 aromatic rings. The first-order chi connectivity index (χ1) is 17.0. The topological polar surface area (TPSA) is 105 Å². The van der Waals surface area contributed by atoms with Gasteiger partial charge in [0.25, 0.3) is 0 Å². The van der Waals surface area contributed by atoms with Crippen molar-refractivity contribution in [1.82, 2.24) is 10.2 Å². The van der Waals surface area contributed by atoms with Gasteiger partial charge in [-0.2, -0.15) is 0 Å². The van der Waals surface area contributed by atoms with Crippen LogP contribution in [-0.2, 0) is 19.1 Å². The molecule has 2 fully saturated rings. The zero-order valence-corrected chi connectivity index (χ0v) is 19.5. The van der Waals surface area contributed by atoms with Gasteiger partial charge in [-0.05, 0) is 47.4 Å². The third kappa shape index (κ3) is 4.89. The minimum absolute atomic E-state index is 0.0119. The summed E-state index contributed by atoms with van der Waals surface area (Å²) in [6, 6.07) is 15.5. The Hall–Kier alpha value is -3.39. The van der Waals surface area contributed by atoms with Crippen molar-refractivity contribution in [1.29, 1.82) is 0 Å². The van der Waals surface area contributed by atoms with Crippen LogP contribution in [0.15, 0.2) is 48.5 Å². The molecule has 1 saturated carbocycles. The van der Waals surface area contributed by atoms with Crippen molar-refractivity contribution in [3.63, 3.8) is 0 Å². The molecule has 2 aromatic carbocycles. The van der Waals surface area contributed by atoms with E-state index in [2.05, 4.69) is 29.6 Å². The van der Waals surface area contributed by atoms with E-state index in [1.165, 1.54) is 27.2 Å². The van der Waals surface area contributed by atoms with Crippen LogP contribution in [0.2, 0.25) is 0 Å². The minimum atomic E-state index is -1.04. The number of nitrogens with zero attached hydrogens (tertiary/aromatic N) is 1. The highest BCUT2D eigenvalue weighted by molar-refractivity contribution is 5.84. The molecule has 0 spiro atoms. The zero-order valence-electron chi connectivity index (χ0n) is 19.5. The summed E-state index contributed by atoms with van der Waals surface area (Å²) >= 11 is 0. The monoisotopic (exact) mass is 478 g/mol. The third-order valence-corrected chi connectivity index (χ3v) is 7.40. The molecule has 0 bridgehead atoms. The highest BCUT2D eigenvalue weighted by Gasteiger charge is 2.36. The van der Waals surface area contributed by atoms with Crippen LogP contribution in [0.3, 0.4) is 0 Å². The van der Waals surface area contributed by atoms with E-state index in [9.17, 15) is 19.5 Å². The van der Waals surface area contributed by atoms with E-state index < -0.39 is 18.1 Å². The first-order valence-corrected chi connectivity index (χ1v) is 12.2. The number of carbonyl (C=O) groups excluding carboxylic acids is 2. The quantitative estimate of drug-likeness (QED) is 0.659. The molecule has 184 valence electrons. The zero-order chi connectivity index (χ0) is 24.4. The van der Waals surface area contributed by atoms with E-state index in [-0.39, 0.29) is 43.4 Å². The number of amides is 2. The fourth-order valence-electron chi connectivity index (χ4n) is 5.67. The predicted octanol–water partition coefficient (Wildman–Crippen LogP) is 3.40. The van der Waals surface area contributed by atoms with Crippen molar-refractivity contribution in [2.45, 2.75) is 43.7 Å². The van der Waals surface area contributed by atoms with Crippen molar-refractivity contribution in [3.05, 3.63) is 59.7 Å². The highest BCUT2D eigenvalue weighted by atomic mass is 16.5. The van der Waals surface area contributed by atoms with E-state index in [0.717, 1.165) is 12.8 Å². The first-order valence-electron chi connectivity index (χ1n) is 12.2. The summed E-state index contributed by atoms with van der Waals surface area (Å²) in [7, 11) is 0. The van der Waals surface area contributed by atoms with E-state index in [1.807, 2.05) is 24.3 Å². The maximum absolute atomic E-state index is 12.7. The molecule has 2 N–H and O–H groups in total. The summed E-state index contributed by atoms with van der Waals surface area (Å²) in [4.78, 5) is 38.2. The van der Waals surface area contributed by atoms with Crippen molar-refractivity contribution in [2.24, 2.45) is 5.92 Å². The number of benzene rings is 2. The van der Waals surface area contributed by atoms with Crippen LogP contribution in [0.25, 0.3) is 11.1 Å². The Morgan fingerprint density at radius 3 is 2.40 bits per heavy atom. The Bertz CT molecular complexity index is 1070. The summed E-state index contributed by atoms with van der Waals surface area (Å²) in [5.74, 6) is -1.08. The summed E-state index contributed by atoms with van der Waals surface area (Å²) < 4.78 is 10.9. The third-order valence-electron chi connectivity index (χ3n) is 7.40. The number of aliphatic carboxylic acids is 1. The van der Waals surface area contributed by atoms with Gasteiger partial charge in [-0.15, -0.1) is 0 Å². The number of nitrogens with one attached hydrogen (secondary N) is 1. The van der Waals surface area contributed by atoms with Crippen molar-refractivity contribution < 1.29 is 29.0 Å². The van der Waals surface area contributed by atoms with Gasteiger partial charge in [0.2, 0.25) is 5.91 Å². The summed E-state index contributed by atoms with van der Waals surface area (Å²) in [5.41, 5.74) is 4.71. The second kappa shape index (κ2) is 10.1. The fraction of sp³-hybridized carbons (Fsp3) is 0.444. The standard InChI is InChI=1S/C27H30N2O6/c30-25(29-11-12-34-16-24(29)26(31)32)14-17-9-10-18(13-17)28-27(33)35-15-23-21-7-3-1-5-19(21)20-6-2-4-8-22(20)23/h1-8,17-18,23-24H,9-16H2,(H,28,33)(H,31,32)/t17-,18+,24?/m0/s1. The van der Waals surface area contributed by atoms with Crippen LogP contribution in [-0.4, -0.2) is 66.4 Å². The Labute approximate surface area is 204 Å². The Kier molecular flexibility index (Phi) is 6.72. The summed E-state index contributed by atoms with van der Waals surface area (Å²) in [6.07, 6.45) is 2.10. The Balaban J connectivity index is 1.12. The largest absolute Gasteiger partial charge is 0.480 e. The number of carboxylic acids is 1. The number of ether oxygens (including phenoxy) is 2. The summed E-state index contributed by atoms with van der Waals surface area (Å²) in [5, 5.41) is 12.3. The van der Waals surface area contributed by atoms with Crippen LogP contribution in [0.1, 0.15) is 42.7 Å². The first kappa shape index (κ1) is 23.4. The number of fused-ring (bicyclic) bond motifs is 3. The molecule has 8 nitrogen and oxygen atoms in total. The second-order valence-electron chi connectivity index (χ2n) is 9.57. The number of morpholine rings is 1. The van der Waals surface area contributed by atoms with E-state index in [1.54, 1.807) is 0 Å². The van der Waals surface area contributed by atoms with Crippen LogP contribution in [0.5, 0.6) is 0 Å². The number of rotatable bonds is 6. The molecule has 2 aliphatic carbocycles. The molecule has 1 heterocycles. The maximum Gasteiger partial charge on any atom is 0.407 e. The second-order valence-corrected chi connectivity index (χ2v) is 9.57. The predicted molar refractivity (Wildman–Crippen MR) is 128 cm³/mol. The number of carboxylic acid groups (broad SMARTS) is 1. The molecule has 35 heavy (non-hydrogen) atoms. The number of alkyl carbamates (subject to hydrolysis) is 1. The molecule has 2 amide bonds. The average Bonchev–Trinajstić information content (AvgIpc) is 3.44. The number of carbonyl (C=O) groups is 3. The fourth-order valence-corrected chi connectivity index (χ4v) is 5.67. The molecular formula is C27H30N2O6. The van der Waals surface area contributed by atoms with Gasteiger partial charge in [0.1, 0.15) is 6.61 Å². The molecule has 0 aromatic heterocycles. The van der Waals surface area contributed by atoms with Crippen molar-refractivity contribution >= 4 is 18.0 Å². The summed E-state index contributed by atoms with van der Waals surface area (Å²) in [6.45, 7) is 0.940. The van der Waals surface area contributed by atoms with Crippen LogP contribution in [0.4, 0.5) is 4.79 Å². The van der Waals surface area contributed by atoms with Crippen LogP contribution < -0.4 is 5.32 Å². The highest BCUT2D eigenvalue weighted by Crippen LogP contribution is 2.44. The van der Waals surface area contributed by atoms with Gasteiger partial charge in [-0.25, -0.2) is 9.59 Å². The lowest BCUT2D eigenvalue weighted by molar-refractivity contribution is -0.158. The van der Waals surface area contributed by atoms with Gasteiger partial charge < -0.3 is 24.8 Å². The van der Waals surface area contributed by atoms with Gasteiger partial charge in [-0.3, -0.25) is 4.79 Å². The molecule has 3 atom stereocenters. The van der Waals surface area contributed by atoms with Crippen molar-refractivity contribution in [3.8, 4) is 11.1 Å². The molecule has 3 aliphatic rings. The van der Waals surface area contributed by atoms with E-state index in [4.69, 9.17) is 9.47 Å². The lowest BCUT2D eigenvalue weighted by Crippen LogP contribution is -2.52. The van der Waals surface area contributed by atoms with Gasteiger partial charge in [0.15, 0.2) is 6.04 Å². The lowest BCUT2D eigenvalue weighted by atomic mass is 9.98. The molecule has 1 unspecified atom stereocenters. The van der Waals surface area contributed by atoms with Gasteiger partial charge in [-0.1, -0.05) is 48.5 Å². The Morgan fingerprint density at radius 1 is 1.03 bits per heavy atom. The van der Waals surface area contributed by atoms with Gasteiger partial charge >= 0.3 is 12.1 Å². The normalized spacial score (nSPS) is 23.4. The lowest BCUT2D eigenvalue weighted by Gasteiger charge is -2.33. The molecule has 5 rings (SSSR count). The number of hydrogen-bond acceptors (Lipinski definition) is 5.